The van der Waals surface area contributed by atoms with Crippen LogP contribution >= 0.6 is 0 Å². The molecule has 2 rings (SSSR count). The summed E-state index contributed by atoms with van der Waals surface area (Å²) in [6, 6.07) is 8.14. The number of hydrogen-bond donors (Lipinski definition) is 1. The van der Waals surface area contributed by atoms with Crippen molar-refractivity contribution in [1.82, 2.24) is 5.01 Å². The van der Waals surface area contributed by atoms with Crippen LogP contribution < -0.4 is 10.7 Å². The molecule has 86 valence electrons. The molecule has 1 unspecified atom stereocenters. The third kappa shape index (κ3) is 1.65. The zero-order chi connectivity index (χ0) is 11.7. The zero-order valence-electron chi connectivity index (χ0n) is 9.68. The molecule has 2 N–H and O–H groups in total. The number of nitrogens with zero attached hydrogens (tertiary/aromatic N) is 2. The van der Waals surface area contributed by atoms with Crippen LogP contribution in [0.5, 0.6) is 0 Å². The summed E-state index contributed by atoms with van der Waals surface area (Å²) in [7, 11) is 1.80. The molecule has 0 aromatic heterocycles. The Morgan fingerprint density at radius 2 is 2.12 bits per heavy atom. The number of hydrogen-bond acceptors (Lipinski definition) is 3. The highest BCUT2D eigenvalue weighted by atomic mass is 16.2. The predicted molar refractivity (Wildman–Crippen MR) is 63.7 cm³/mol. The van der Waals surface area contributed by atoms with Gasteiger partial charge in [-0.2, -0.15) is 0 Å². The second-order valence-electron chi connectivity index (χ2n) is 4.15. The Balaban J connectivity index is 2.40. The van der Waals surface area contributed by atoms with Crippen LogP contribution in [-0.4, -0.2) is 24.0 Å². The monoisotopic (exact) mass is 219 g/mol. The summed E-state index contributed by atoms with van der Waals surface area (Å²) in [5, 5.41) is 3.70. The van der Waals surface area contributed by atoms with Crippen molar-refractivity contribution in [2.24, 2.45) is 5.73 Å². The van der Waals surface area contributed by atoms with Crippen molar-refractivity contribution in [2.75, 3.05) is 12.1 Å². The lowest BCUT2D eigenvalue weighted by atomic mass is 10.1. The third-order valence-electron chi connectivity index (χ3n) is 3.03. The molecule has 1 atom stereocenters. The molecule has 1 aliphatic rings. The maximum atomic E-state index is 11.6. The maximum absolute atomic E-state index is 11.6. The second kappa shape index (κ2) is 4.14. The molecule has 1 aromatic carbocycles. The molecule has 1 aliphatic heterocycles. The lowest BCUT2D eigenvalue weighted by Gasteiger charge is -2.31. The van der Waals surface area contributed by atoms with Gasteiger partial charge in [-0.15, -0.1) is 0 Å². The van der Waals surface area contributed by atoms with Crippen LogP contribution in [0.1, 0.15) is 18.9 Å². The minimum Gasteiger partial charge on any atom is -0.326 e. The highest BCUT2D eigenvalue weighted by Crippen LogP contribution is 2.28. The van der Waals surface area contributed by atoms with E-state index in [2.05, 4.69) is 6.92 Å². The van der Waals surface area contributed by atoms with Crippen LogP contribution in [0.2, 0.25) is 0 Å². The number of rotatable bonds is 2. The standard InChI is InChI=1S/C12H17N3O/c1-9-7-12(16)14(2)15(9)11-6-4-3-5-10(11)8-13/h3-6,9H,7-8,13H2,1-2H3. The van der Waals surface area contributed by atoms with Gasteiger partial charge < -0.3 is 5.73 Å². The average molecular weight is 219 g/mol. The van der Waals surface area contributed by atoms with Crippen LogP contribution in [-0.2, 0) is 11.3 Å². The van der Waals surface area contributed by atoms with Crippen molar-refractivity contribution < 1.29 is 4.79 Å². The first kappa shape index (κ1) is 11.0. The summed E-state index contributed by atoms with van der Waals surface area (Å²) in [6.07, 6.45) is 0.565. The van der Waals surface area contributed by atoms with E-state index in [1.807, 2.05) is 29.3 Å². The van der Waals surface area contributed by atoms with Crippen LogP contribution in [0, 0.1) is 0 Å². The highest BCUT2D eigenvalue weighted by Gasteiger charge is 2.33. The number of carbonyl (C=O) groups excluding carboxylic acids is 1. The number of hydrazine groups is 1. The normalized spacial score (nSPS) is 20.7. The Labute approximate surface area is 95.6 Å². The molecule has 0 spiro atoms. The minimum absolute atomic E-state index is 0.152. The number of amides is 1. The summed E-state index contributed by atoms with van der Waals surface area (Å²) in [4.78, 5) is 11.6. The topological polar surface area (TPSA) is 49.6 Å². The van der Waals surface area contributed by atoms with Gasteiger partial charge in [-0.25, -0.2) is 0 Å². The number of benzene rings is 1. The van der Waals surface area contributed by atoms with Gasteiger partial charge in [0.25, 0.3) is 0 Å². The summed E-state index contributed by atoms with van der Waals surface area (Å²) < 4.78 is 0. The Morgan fingerprint density at radius 1 is 1.44 bits per heavy atom. The van der Waals surface area contributed by atoms with Gasteiger partial charge in [0.05, 0.1) is 18.2 Å². The van der Waals surface area contributed by atoms with Crippen molar-refractivity contribution in [2.45, 2.75) is 25.9 Å². The molecular formula is C12H17N3O. The number of para-hydroxylation sites is 1. The van der Waals surface area contributed by atoms with Crippen molar-refractivity contribution in [3.63, 3.8) is 0 Å². The Bertz CT molecular complexity index is 405. The smallest absolute Gasteiger partial charge is 0.242 e. The second-order valence-corrected chi connectivity index (χ2v) is 4.15. The number of anilines is 1. The van der Waals surface area contributed by atoms with E-state index in [0.717, 1.165) is 11.3 Å². The SMILES string of the molecule is CC1CC(=O)N(C)N1c1ccccc1CN. The predicted octanol–water partition coefficient (Wildman–Crippen LogP) is 1.12. The molecule has 0 radical (unpaired) electrons. The minimum atomic E-state index is 0.152. The van der Waals surface area contributed by atoms with Crippen LogP contribution in [0.4, 0.5) is 5.69 Å². The van der Waals surface area contributed by atoms with Gasteiger partial charge in [-0.1, -0.05) is 18.2 Å². The Kier molecular flexibility index (Phi) is 2.83. The molecule has 1 amide bonds. The van der Waals surface area contributed by atoms with Gasteiger partial charge in [0.1, 0.15) is 0 Å². The van der Waals surface area contributed by atoms with E-state index in [-0.39, 0.29) is 11.9 Å². The lowest BCUT2D eigenvalue weighted by molar-refractivity contribution is -0.126. The quantitative estimate of drug-likeness (QED) is 0.810. The molecule has 16 heavy (non-hydrogen) atoms. The van der Waals surface area contributed by atoms with E-state index in [4.69, 9.17) is 5.73 Å². The van der Waals surface area contributed by atoms with Gasteiger partial charge in [-0.05, 0) is 18.6 Å². The summed E-state index contributed by atoms with van der Waals surface area (Å²) in [6.45, 7) is 2.54. The Hall–Kier alpha value is -1.55. The van der Waals surface area contributed by atoms with Gasteiger partial charge in [0.15, 0.2) is 0 Å². The largest absolute Gasteiger partial charge is 0.326 e. The van der Waals surface area contributed by atoms with Crippen molar-refractivity contribution >= 4 is 11.6 Å². The van der Waals surface area contributed by atoms with E-state index >= 15 is 0 Å². The first-order chi connectivity index (χ1) is 7.65. The summed E-state index contributed by atoms with van der Waals surface area (Å²) >= 11 is 0. The molecule has 0 bridgehead atoms. The fourth-order valence-corrected chi connectivity index (χ4v) is 2.19. The summed E-state index contributed by atoms with van der Waals surface area (Å²) in [5.41, 5.74) is 7.81. The first-order valence-corrected chi connectivity index (χ1v) is 5.49. The molecule has 4 nitrogen and oxygen atoms in total. The number of nitrogens with two attached hydrogens (primary N) is 1. The van der Waals surface area contributed by atoms with E-state index in [1.54, 1.807) is 12.1 Å². The highest BCUT2D eigenvalue weighted by molar-refractivity contribution is 5.82. The van der Waals surface area contributed by atoms with Crippen LogP contribution in [0.3, 0.4) is 0 Å². The molecule has 1 fully saturated rings. The van der Waals surface area contributed by atoms with Crippen molar-refractivity contribution in [3.05, 3.63) is 29.8 Å². The molecule has 1 heterocycles. The fraction of sp³-hybridized carbons (Fsp3) is 0.417. The van der Waals surface area contributed by atoms with Gasteiger partial charge in [-0.3, -0.25) is 14.8 Å². The molecular weight excluding hydrogens is 202 g/mol. The van der Waals surface area contributed by atoms with Gasteiger partial charge in [0, 0.05) is 13.6 Å². The number of carbonyl (C=O) groups is 1. The molecule has 0 saturated carbocycles. The van der Waals surface area contributed by atoms with Crippen LogP contribution in [0.25, 0.3) is 0 Å². The molecule has 4 heteroatoms. The molecule has 1 aromatic rings. The van der Waals surface area contributed by atoms with E-state index in [1.165, 1.54) is 0 Å². The molecule has 0 aliphatic carbocycles. The molecule has 1 saturated heterocycles. The summed E-state index contributed by atoms with van der Waals surface area (Å²) in [5.74, 6) is 0.152. The average Bonchev–Trinajstić information content (AvgIpc) is 2.53. The van der Waals surface area contributed by atoms with Gasteiger partial charge >= 0.3 is 0 Å². The lowest BCUT2D eigenvalue weighted by Crippen LogP contribution is -2.39. The van der Waals surface area contributed by atoms with Crippen LogP contribution in [0.15, 0.2) is 24.3 Å². The zero-order valence-corrected chi connectivity index (χ0v) is 9.68. The Morgan fingerprint density at radius 3 is 2.69 bits per heavy atom. The van der Waals surface area contributed by atoms with Crippen molar-refractivity contribution in [1.29, 1.82) is 0 Å². The van der Waals surface area contributed by atoms with E-state index in [0.29, 0.717) is 13.0 Å². The fourth-order valence-electron chi connectivity index (χ4n) is 2.19. The van der Waals surface area contributed by atoms with E-state index < -0.39 is 0 Å². The van der Waals surface area contributed by atoms with E-state index in [9.17, 15) is 4.79 Å². The van der Waals surface area contributed by atoms with Crippen molar-refractivity contribution in [3.8, 4) is 0 Å². The third-order valence-corrected chi connectivity index (χ3v) is 3.03. The van der Waals surface area contributed by atoms with Gasteiger partial charge in [0.2, 0.25) is 5.91 Å². The first-order valence-electron chi connectivity index (χ1n) is 5.49. The maximum Gasteiger partial charge on any atom is 0.242 e.